The van der Waals surface area contributed by atoms with E-state index in [-0.39, 0.29) is 0 Å². The van der Waals surface area contributed by atoms with Crippen LogP contribution >= 0.6 is 15.9 Å². The summed E-state index contributed by atoms with van der Waals surface area (Å²) >= 11 is 3.46. The van der Waals surface area contributed by atoms with E-state index < -0.39 is 0 Å². The summed E-state index contributed by atoms with van der Waals surface area (Å²) in [6.07, 6.45) is 3.33. The molecule has 0 amide bonds. The first-order chi connectivity index (χ1) is 7.31. The third kappa shape index (κ3) is 2.41. The summed E-state index contributed by atoms with van der Waals surface area (Å²) in [6.45, 7) is 2.03. The topological polar surface area (TPSA) is 21.3 Å². The molecule has 1 heterocycles. The van der Waals surface area contributed by atoms with E-state index >= 15 is 0 Å². The molecule has 0 unspecified atom stereocenters. The third-order valence-electron chi connectivity index (χ3n) is 2.59. The summed E-state index contributed by atoms with van der Waals surface area (Å²) in [7, 11) is 1.70. The van der Waals surface area contributed by atoms with Gasteiger partial charge in [0, 0.05) is 6.54 Å². The van der Waals surface area contributed by atoms with Gasteiger partial charge < -0.3 is 10.1 Å². The van der Waals surface area contributed by atoms with Gasteiger partial charge >= 0.3 is 0 Å². The van der Waals surface area contributed by atoms with Crippen molar-refractivity contribution in [3.05, 3.63) is 34.3 Å². The van der Waals surface area contributed by atoms with Gasteiger partial charge in [0.1, 0.15) is 5.75 Å². The number of hydrogen-bond acceptors (Lipinski definition) is 2. The maximum atomic E-state index is 5.29. The number of hydrogen-bond donors (Lipinski definition) is 1. The molecule has 1 aliphatic rings. The molecule has 1 N–H and O–H groups in total. The zero-order valence-corrected chi connectivity index (χ0v) is 10.3. The number of benzene rings is 1. The van der Waals surface area contributed by atoms with Crippen molar-refractivity contribution in [2.75, 3.05) is 20.2 Å². The van der Waals surface area contributed by atoms with Gasteiger partial charge in [-0.3, -0.25) is 0 Å². The smallest absolute Gasteiger partial charge is 0.133 e. The standard InChI is InChI=1S/C12H14BrNO/c1-15-12-8-10(2-3-11(12)13)9-4-6-14-7-5-9/h2-4,8,14H,5-7H2,1H3. The molecule has 0 aromatic heterocycles. The lowest BCUT2D eigenvalue weighted by molar-refractivity contribution is 0.412. The van der Waals surface area contributed by atoms with E-state index in [0.717, 1.165) is 29.7 Å². The molecule has 0 fully saturated rings. The van der Waals surface area contributed by atoms with E-state index in [1.807, 2.05) is 6.07 Å². The lowest BCUT2D eigenvalue weighted by Gasteiger charge is -2.15. The Labute approximate surface area is 98.5 Å². The first-order valence-electron chi connectivity index (χ1n) is 5.05. The fourth-order valence-corrected chi connectivity index (χ4v) is 2.15. The van der Waals surface area contributed by atoms with Crippen LogP contribution in [0, 0.1) is 0 Å². The van der Waals surface area contributed by atoms with Crippen LogP contribution in [-0.4, -0.2) is 20.2 Å². The van der Waals surface area contributed by atoms with Gasteiger partial charge in [-0.15, -0.1) is 0 Å². The minimum Gasteiger partial charge on any atom is -0.496 e. The predicted octanol–water partition coefficient (Wildman–Crippen LogP) is 2.83. The molecule has 0 aliphatic carbocycles. The molecule has 2 nitrogen and oxygen atoms in total. The zero-order chi connectivity index (χ0) is 10.7. The van der Waals surface area contributed by atoms with Gasteiger partial charge in [-0.1, -0.05) is 12.1 Å². The molecule has 0 spiro atoms. The second-order valence-corrected chi connectivity index (χ2v) is 4.39. The molecular formula is C12H14BrNO. The quantitative estimate of drug-likeness (QED) is 0.890. The number of ether oxygens (including phenoxy) is 1. The normalized spacial score (nSPS) is 16.0. The lowest BCUT2D eigenvalue weighted by Crippen LogP contribution is -2.19. The van der Waals surface area contributed by atoms with Crippen LogP contribution in [0.4, 0.5) is 0 Å². The molecule has 1 aromatic carbocycles. The van der Waals surface area contributed by atoms with Crippen molar-refractivity contribution in [2.45, 2.75) is 6.42 Å². The lowest BCUT2D eigenvalue weighted by atomic mass is 10.0. The number of nitrogens with one attached hydrogen (secondary N) is 1. The van der Waals surface area contributed by atoms with Crippen LogP contribution in [-0.2, 0) is 0 Å². The van der Waals surface area contributed by atoms with Gasteiger partial charge in [-0.25, -0.2) is 0 Å². The molecule has 0 radical (unpaired) electrons. The second kappa shape index (κ2) is 4.81. The van der Waals surface area contributed by atoms with Gasteiger partial charge in [-0.2, -0.15) is 0 Å². The van der Waals surface area contributed by atoms with Gasteiger partial charge in [0.05, 0.1) is 11.6 Å². The van der Waals surface area contributed by atoms with Crippen molar-refractivity contribution < 1.29 is 4.74 Å². The molecule has 0 bridgehead atoms. The van der Waals surface area contributed by atoms with Gasteiger partial charge in [0.2, 0.25) is 0 Å². The number of methoxy groups -OCH3 is 1. The van der Waals surface area contributed by atoms with Crippen molar-refractivity contribution in [3.63, 3.8) is 0 Å². The Morgan fingerprint density at radius 3 is 2.93 bits per heavy atom. The summed E-state index contributed by atoms with van der Waals surface area (Å²) in [5.41, 5.74) is 2.66. The Balaban J connectivity index is 2.32. The highest BCUT2D eigenvalue weighted by Crippen LogP contribution is 2.29. The molecule has 3 heteroatoms. The number of halogens is 1. The van der Waals surface area contributed by atoms with E-state index in [4.69, 9.17) is 4.74 Å². The van der Waals surface area contributed by atoms with Crippen LogP contribution in [0.3, 0.4) is 0 Å². The van der Waals surface area contributed by atoms with Gasteiger partial charge in [0.15, 0.2) is 0 Å². The molecule has 0 atom stereocenters. The molecule has 15 heavy (non-hydrogen) atoms. The summed E-state index contributed by atoms with van der Waals surface area (Å²) in [6, 6.07) is 6.25. The van der Waals surface area contributed by atoms with Crippen molar-refractivity contribution in [1.29, 1.82) is 0 Å². The zero-order valence-electron chi connectivity index (χ0n) is 8.72. The van der Waals surface area contributed by atoms with E-state index in [9.17, 15) is 0 Å². The average Bonchev–Trinajstić information content (AvgIpc) is 2.31. The molecule has 0 saturated heterocycles. The molecular weight excluding hydrogens is 254 g/mol. The number of rotatable bonds is 2. The summed E-state index contributed by atoms with van der Waals surface area (Å²) < 4.78 is 6.29. The van der Waals surface area contributed by atoms with Crippen LogP contribution in [0.2, 0.25) is 0 Å². The Kier molecular flexibility index (Phi) is 3.44. The van der Waals surface area contributed by atoms with Crippen LogP contribution in [0.5, 0.6) is 5.75 Å². The van der Waals surface area contributed by atoms with E-state index in [1.165, 1.54) is 11.1 Å². The summed E-state index contributed by atoms with van der Waals surface area (Å²) in [5.74, 6) is 0.895. The van der Waals surface area contributed by atoms with Crippen LogP contribution in [0.15, 0.2) is 28.7 Å². The Bertz CT molecular complexity index is 387. The average molecular weight is 268 g/mol. The monoisotopic (exact) mass is 267 g/mol. The van der Waals surface area contributed by atoms with E-state index in [2.05, 4.69) is 39.5 Å². The highest BCUT2D eigenvalue weighted by molar-refractivity contribution is 9.10. The molecule has 1 aromatic rings. The fraction of sp³-hybridized carbons (Fsp3) is 0.333. The van der Waals surface area contributed by atoms with E-state index in [0.29, 0.717) is 0 Å². The van der Waals surface area contributed by atoms with E-state index in [1.54, 1.807) is 7.11 Å². The Morgan fingerprint density at radius 1 is 1.40 bits per heavy atom. The minimum atomic E-state index is 0.895. The Morgan fingerprint density at radius 2 is 2.27 bits per heavy atom. The fourth-order valence-electron chi connectivity index (χ4n) is 1.74. The van der Waals surface area contributed by atoms with Crippen molar-refractivity contribution >= 4 is 21.5 Å². The molecule has 2 rings (SSSR count). The van der Waals surface area contributed by atoms with Crippen LogP contribution < -0.4 is 10.1 Å². The van der Waals surface area contributed by atoms with Crippen molar-refractivity contribution in [2.24, 2.45) is 0 Å². The van der Waals surface area contributed by atoms with Gasteiger partial charge in [-0.05, 0) is 52.2 Å². The van der Waals surface area contributed by atoms with Crippen LogP contribution in [0.1, 0.15) is 12.0 Å². The SMILES string of the molecule is COc1cc(C2=CCNCC2)ccc1Br. The predicted molar refractivity (Wildman–Crippen MR) is 66.2 cm³/mol. The first kappa shape index (κ1) is 10.7. The minimum absolute atomic E-state index is 0.895. The highest BCUT2D eigenvalue weighted by atomic mass is 79.9. The molecule has 0 saturated carbocycles. The van der Waals surface area contributed by atoms with Gasteiger partial charge in [0.25, 0.3) is 0 Å². The molecule has 1 aliphatic heterocycles. The van der Waals surface area contributed by atoms with Crippen molar-refractivity contribution in [3.8, 4) is 5.75 Å². The second-order valence-electron chi connectivity index (χ2n) is 3.53. The summed E-state index contributed by atoms with van der Waals surface area (Å²) in [4.78, 5) is 0. The highest BCUT2D eigenvalue weighted by Gasteiger charge is 2.08. The van der Waals surface area contributed by atoms with Crippen molar-refractivity contribution in [1.82, 2.24) is 5.32 Å². The maximum Gasteiger partial charge on any atom is 0.133 e. The Hall–Kier alpha value is -0.800. The molecule has 80 valence electrons. The maximum absolute atomic E-state index is 5.29. The largest absolute Gasteiger partial charge is 0.496 e. The third-order valence-corrected chi connectivity index (χ3v) is 3.24. The first-order valence-corrected chi connectivity index (χ1v) is 5.84. The van der Waals surface area contributed by atoms with Crippen LogP contribution in [0.25, 0.3) is 5.57 Å². The summed E-state index contributed by atoms with van der Waals surface area (Å²) in [5, 5.41) is 3.31.